The van der Waals surface area contributed by atoms with E-state index in [1.165, 1.54) is 19.1 Å². The van der Waals surface area contributed by atoms with Crippen molar-refractivity contribution in [1.82, 2.24) is 0 Å². The van der Waals surface area contributed by atoms with Crippen LogP contribution in [0.15, 0.2) is 16.6 Å². The first-order valence-corrected chi connectivity index (χ1v) is 6.56. The number of halogens is 1. The van der Waals surface area contributed by atoms with Gasteiger partial charge in [0.15, 0.2) is 5.92 Å². The molecule has 1 rings (SSSR count). The van der Waals surface area contributed by atoms with Crippen molar-refractivity contribution >= 4 is 39.5 Å². The number of carbonyl (C=O) groups excluding carboxylic acids is 3. The summed E-state index contributed by atoms with van der Waals surface area (Å²) in [7, 11) is 2.23. The number of methoxy groups -OCH3 is 2. The predicted molar refractivity (Wildman–Crippen MR) is 76.9 cm³/mol. The summed E-state index contributed by atoms with van der Waals surface area (Å²) in [5.41, 5.74) is 0.0245. The summed E-state index contributed by atoms with van der Waals surface area (Å²) in [6.07, 6.45) is 0. The van der Waals surface area contributed by atoms with Crippen LogP contribution in [0.2, 0.25) is 0 Å². The summed E-state index contributed by atoms with van der Waals surface area (Å²) in [4.78, 5) is 34.7. The van der Waals surface area contributed by atoms with Crippen molar-refractivity contribution in [3.8, 4) is 5.75 Å². The van der Waals surface area contributed by atoms with Gasteiger partial charge in [-0.2, -0.15) is 0 Å². The molecule has 0 aromatic heterocycles. The number of phenolic OH excluding ortho intramolecular Hbond substituents is 1. The minimum Gasteiger partial charge on any atom is -0.505 e. The first-order chi connectivity index (χ1) is 9.81. The highest BCUT2D eigenvalue weighted by molar-refractivity contribution is 9.10. The Morgan fingerprint density at radius 3 is 2.14 bits per heavy atom. The number of carbonyl (C=O) groups is 3. The van der Waals surface area contributed by atoms with Crippen LogP contribution in [0.5, 0.6) is 5.75 Å². The van der Waals surface area contributed by atoms with Gasteiger partial charge in [0.1, 0.15) is 5.75 Å². The fourth-order valence-corrected chi connectivity index (χ4v) is 2.19. The number of nitrogens with one attached hydrogen (secondary N) is 1. The predicted octanol–water partition coefficient (Wildman–Crippen LogP) is 1.54. The normalized spacial score (nSPS) is 10.1. The monoisotopic (exact) mass is 359 g/mol. The summed E-state index contributed by atoms with van der Waals surface area (Å²) in [5, 5.41) is 12.6. The lowest BCUT2D eigenvalue weighted by molar-refractivity contribution is -0.154. The second-order valence-corrected chi connectivity index (χ2v) is 4.97. The molecule has 0 aliphatic rings. The van der Waals surface area contributed by atoms with Gasteiger partial charge in [-0.05, 0) is 12.1 Å². The molecule has 0 heterocycles. The van der Waals surface area contributed by atoms with Crippen molar-refractivity contribution in [2.24, 2.45) is 0 Å². The van der Waals surface area contributed by atoms with Crippen molar-refractivity contribution in [2.75, 3.05) is 19.5 Å². The van der Waals surface area contributed by atoms with Crippen LogP contribution < -0.4 is 5.32 Å². The van der Waals surface area contributed by atoms with Crippen LogP contribution in [-0.2, 0) is 23.9 Å². The van der Waals surface area contributed by atoms with Gasteiger partial charge in [0.25, 0.3) is 0 Å². The molecule has 1 aromatic carbocycles. The van der Waals surface area contributed by atoms with Gasteiger partial charge in [-0.1, -0.05) is 15.9 Å². The van der Waals surface area contributed by atoms with Crippen LogP contribution in [0.4, 0.5) is 5.69 Å². The second kappa shape index (κ2) is 7.07. The minimum atomic E-state index is -1.45. The maximum absolute atomic E-state index is 11.8. The van der Waals surface area contributed by atoms with E-state index in [1.807, 2.05) is 0 Å². The van der Waals surface area contributed by atoms with Crippen LogP contribution in [0.1, 0.15) is 18.4 Å². The van der Waals surface area contributed by atoms with E-state index < -0.39 is 29.5 Å². The van der Waals surface area contributed by atoms with E-state index in [9.17, 15) is 19.5 Å². The molecule has 0 spiro atoms. The zero-order valence-electron chi connectivity index (χ0n) is 11.6. The molecule has 1 aromatic rings. The molecule has 1 amide bonds. The summed E-state index contributed by atoms with van der Waals surface area (Å²) < 4.78 is 9.56. The quantitative estimate of drug-likeness (QED) is 0.480. The molecule has 0 radical (unpaired) electrons. The highest BCUT2D eigenvalue weighted by Crippen LogP contribution is 2.37. The highest BCUT2D eigenvalue weighted by Gasteiger charge is 2.34. The topological polar surface area (TPSA) is 102 Å². The lowest BCUT2D eigenvalue weighted by Crippen LogP contribution is -2.24. The van der Waals surface area contributed by atoms with Gasteiger partial charge in [0.05, 0.1) is 19.9 Å². The van der Waals surface area contributed by atoms with Crippen molar-refractivity contribution in [3.05, 3.63) is 22.2 Å². The molecular formula is C13H14BrNO6. The molecule has 7 nitrogen and oxygen atoms in total. The van der Waals surface area contributed by atoms with Crippen molar-refractivity contribution < 1.29 is 29.0 Å². The Morgan fingerprint density at radius 2 is 1.71 bits per heavy atom. The molecule has 0 aliphatic carbocycles. The summed E-state index contributed by atoms with van der Waals surface area (Å²) in [5.74, 6) is -4.05. The van der Waals surface area contributed by atoms with E-state index in [0.29, 0.717) is 4.47 Å². The third-order valence-electron chi connectivity index (χ3n) is 2.60. The number of phenols is 1. The molecule has 2 N–H and O–H groups in total. The Bertz CT molecular complexity index is 570. The van der Waals surface area contributed by atoms with E-state index in [2.05, 4.69) is 30.7 Å². The van der Waals surface area contributed by atoms with Crippen LogP contribution >= 0.6 is 15.9 Å². The molecule has 0 saturated carbocycles. The smallest absolute Gasteiger partial charge is 0.324 e. The Balaban J connectivity index is 3.44. The highest BCUT2D eigenvalue weighted by atomic mass is 79.9. The largest absolute Gasteiger partial charge is 0.505 e. The lowest BCUT2D eigenvalue weighted by Gasteiger charge is -2.17. The van der Waals surface area contributed by atoms with Crippen LogP contribution in [-0.4, -0.2) is 37.2 Å². The molecule has 0 bridgehead atoms. The van der Waals surface area contributed by atoms with E-state index in [1.54, 1.807) is 0 Å². The Kier molecular flexibility index (Phi) is 5.71. The first-order valence-electron chi connectivity index (χ1n) is 5.77. The molecular weight excluding hydrogens is 346 g/mol. The number of aromatic hydroxyl groups is 1. The average molecular weight is 360 g/mol. The van der Waals surface area contributed by atoms with Gasteiger partial charge < -0.3 is 19.9 Å². The summed E-state index contributed by atoms with van der Waals surface area (Å²) >= 11 is 3.18. The van der Waals surface area contributed by atoms with Crippen LogP contribution in [0.3, 0.4) is 0 Å². The number of hydrogen-bond donors (Lipinski definition) is 2. The zero-order chi connectivity index (χ0) is 16.2. The van der Waals surface area contributed by atoms with Crippen LogP contribution in [0.25, 0.3) is 0 Å². The minimum absolute atomic E-state index is 0.0353. The molecule has 0 aliphatic heterocycles. The molecule has 114 valence electrons. The molecule has 0 unspecified atom stereocenters. The number of hydrogen-bond acceptors (Lipinski definition) is 6. The zero-order valence-corrected chi connectivity index (χ0v) is 13.2. The fraction of sp³-hybridized carbons (Fsp3) is 0.308. The number of amides is 1. The SMILES string of the molecule is COC(=O)C(C(=O)OC)c1cc(Br)cc(NC(C)=O)c1O. The fourth-order valence-electron chi connectivity index (χ4n) is 1.71. The number of esters is 2. The molecule has 0 atom stereocenters. The lowest BCUT2D eigenvalue weighted by atomic mass is 9.97. The maximum Gasteiger partial charge on any atom is 0.324 e. The number of ether oxygens (including phenoxy) is 2. The van der Waals surface area contributed by atoms with Gasteiger partial charge in [-0.25, -0.2) is 0 Å². The standard InChI is InChI=1S/C13H14BrNO6/c1-6(16)15-9-5-7(14)4-8(11(9)17)10(12(18)20-2)13(19)21-3/h4-5,10,17H,1-3H3,(H,15,16). The van der Waals surface area contributed by atoms with Crippen molar-refractivity contribution in [3.63, 3.8) is 0 Å². The Morgan fingerprint density at radius 1 is 1.19 bits per heavy atom. The first kappa shape index (κ1) is 17.0. The third kappa shape index (κ3) is 3.94. The Hall–Kier alpha value is -2.09. The van der Waals surface area contributed by atoms with Gasteiger partial charge >= 0.3 is 11.9 Å². The van der Waals surface area contributed by atoms with Gasteiger partial charge in [-0.3, -0.25) is 14.4 Å². The third-order valence-corrected chi connectivity index (χ3v) is 3.06. The van der Waals surface area contributed by atoms with Crippen LogP contribution in [0, 0.1) is 0 Å². The van der Waals surface area contributed by atoms with Gasteiger partial charge in [0, 0.05) is 17.0 Å². The van der Waals surface area contributed by atoms with E-state index in [4.69, 9.17) is 0 Å². The number of benzene rings is 1. The average Bonchev–Trinajstić information content (AvgIpc) is 2.42. The second-order valence-electron chi connectivity index (χ2n) is 4.05. The molecule has 0 fully saturated rings. The van der Waals surface area contributed by atoms with E-state index in [-0.39, 0.29) is 11.3 Å². The maximum atomic E-state index is 11.8. The van der Waals surface area contributed by atoms with Crippen molar-refractivity contribution in [2.45, 2.75) is 12.8 Å². The van der Waals surface area contributed by atoms with Gasteiger partial charge in [0.2, 0.25) is 5.91 Å². The summed E-state index contributed by atoms with van der Waals surface area (Å²) in [6.45, 7) is 1.26. The van der Waals surface area contributed by atoms with E-state index in [0.717, 1.165) is 14.2 Å². The molecule has 8 heteroatoms. The number of anilines is 1. The molecule has 0 saturated heterocycles. The van der Waals surface area contributed by atoms with Gasteiger partial charge in [-0.15, -0.1) is 0 Å². The summed E-state index contributed by atoms with van der Waals surface area (Å²) in [6, 6.07) is 2.81. The molecule has 21 heavy (non-hydrogen) atoms. The Labute approximate surface area is 129 Å². The number of rotatable bonds is 4. The van der Waals surface area contributed by atoms with E-state index >= 15 is 0 Å². The van der Waals surface area contributed by atoms with Crippen molar-refractivity contribution in [1.29, 1.82) is 0 Å².